The molecule has 0 aliphatic rings. The molecule has 0 heterocycles. The van der Waals surface area contributed by atoms with Crippen LogP contribution >= 0.6 is 0 Å². The summed E-state index contributed by atoms with van der Waals surface area (Å²) in [5.41, 5.74) is 0. The number of unbranched alkanes of at least 4 members (excludes halogenated alkanes) is 1. The Balaban J connectivity index is 3.35. The summed E-state index contributed by atoms with van der Waals surface area (Å²) in [7, 11) is 0.351. The molecule has 0 rings (SSSR count). The monoisotopic (exact) mass is 175 g/mol. The SMILES string of the molecule is CCCC[S+](C)CC(=O)CC. The van der Waals surface area contributed by atoms with Gasteiger partial charge in [0.25, 0.3) is 0 Å². The third-order valence-corrected chi connectivity index (χ3v) is 3.45. The fraction of sp³-hybridized carbons (Fsp3) is 0.889. The van der Waals surface area contributed by atoms with E-state index in [2.05, 4.69) is 13.2 Å². The van der Waals surface area contributed by atoms with E-state index in [9.17, 15) is 4.79 Å². The molecule has 1 unspecified atom stereocenters. The van der Waals surface area contributed by atoms with Gasteiger partial charge >= 0.3 is 0 Å². The molecule has 0 aliphatic heterocycles. The van der Waals surface area contributed by atoms with E-state index in [1.807, 2.05) is 6.92 Å². The number of carbonyl (C=O) groups is 1. The lowest BCUT2D eigenvalue weighted by molar-refractivity contribution is -0.116. The van der Waals surface area contributed by atoms with Gasteiger partial charge < -0.3 is 0 Å². The van der Waals surface area contributed by atoms with Crippen LogP contribution in [-0.2, 0) is 15.7 Å². The van der Waals surface area contributed by atoms with Gasteiger partial charge in [0.05, 0.1) is 6.26 Å². The van der Waals surface area contributed by atoms with Crippen LogP contribution in [0.15, 0.2) is 0 Å². The van der Waals surface area contributed by atoms with E-state index in [-0.39, 0.29) is 0 Å². The van der Waals surface area contributed by atoms with Crippen molar-refractivity contribution in [3.63, 3.8) is 0 Å². The van der Waals surface area contributed by atoms with Gasteiger partial charge in [0.15, 0.2) is 11.5 Å². The van der Waals surface area contributed by atoms with Crippen molar-refractivity contribution in [2.75, 3.05) is 17.8 Å². The Kier molecular flexibility index (Phi) is 6.73. The third-order valence-electron chi connectivity index (χ3n) is 1.65. The number of ketones is 1. The summed E-state index contributed by atoms with van der Waals surface area (Å²) in [6.45, 7) is 4.14. The largest absolute Gasteiger partial charge is 0.294 e. The number of rotatable bonds is 6. The van der Waals surface area contributed by atoms with E-state index in [1.54, 1.807) is 0 Å². The lowest BCUT2D eigenvalue weighted by Crippen LogP contribution is -2.17. The standard InChI is InChI=1S/C9H19OS/c1-4-6-7-11(3)8-9(10)5-2/h4-8H2,1-3H3/q+1. The Morgan fingerprint density at radius 3 is 2.45 bits per heavy atom. The maximum atomic E-state index is 11.0. The first-order valence-electron chi connectivity index (χ1n) is 4.31. The van der Waals surface area contributed by atoms with Crippen LogP contribution in [0.1, 0.15) is 33.1 Å². The van der Waals surface area contributed by atoms with Crippen LogP contribution in [-0.4, -0.2) is 23.5 Å². The summed E-state index contributed by atoms with van der Waals surface area (Å²) < 4.78 is 0. The highest BCUT2D eigenvalue weighted by Crippen LogP contribution is 1.99. The van der Waals surface area contributed by atoms with Crippen molar-refractivity contribution in [2.24, 2.45) is 0 Å². The maximum absolute atomic E-state index is 11.0. The first-order valence-corrected chi connectivity index (χ1v) is 6.28. The highest BCUT2D eigenvalue weighted by atomic mass is 32.2. The van der Waals surface area contributed by atoms with Gasteiger partial charge in [0.1, 0.15) is 5.75 Å². The molecule has 2 heteroatoms. The second-order valence-electron chi connectivity index (χ2n) is 2.88. The molecule has 0 aliphatic carbocycles. The van der Waals surface area contributed by atoms with Crippen molar-refractivity contribution in [2.45, 2.75) is 33.1 Å². The van der Waals surface area contributed by atoms with E-state index in [1.165, 1.54) is 18.6 Å². The third kappa shape index (κ3) is 6.42. The minimum absolute atomic E-state index is 0.351. The van der Waals surface area contributed by atoms with Gasteiger partial charge in [-0.15, -0.1) is 0 Å². The molecule has 0 saturated heterocycles. The van der Waals surface area contributed by atoms with Crippen LogP contribution in [0, 0.1) is 0 Å². The van der Waals surface area contributed by atoms with Crippen molar-refractivity contribution >= 4 is 16.7 Å². The number of carbonyl (C=O) groups excluding carboxylic acids is 1. The summed E-state index contributed by atoms with van der Waals surface area (Å²) in [4.78, 5) is 11.0. The molecule has 0 spiro atoms. The fourth-order valence-corrected chi connectivity index (χ4v) is 2.52. The molecule has 1 atom stereocenters. The van der Waals surface area contributed by atoms with Crippen LogP contribution in [0.3, 0.4) is 0 Å². The molecule has 1 nitrogen and oxygen atoms in total. The molecule has 0 saturated carbocycles. The predicted molar refractivity (Wildman–Crippen MR) is 53.2 cm³/mol. The van der Waals surface area contributed by atoms with Gasteiger partial charge in [-0.05, 0) is 17.3 Å². The lowest BCUT2D eigenvalue weighted by atomic mass is 10.4. The summed E-state index contributed by atoms with van der Waals surface area (Å²) >= 11 is 0. The molecule has 0 aromatic heterocycles. The smallest absolute Gasteiger partial charge is 0.181 e. The van der Waals surface area contributed by atoms with E-state index >= 15 is 0 Å². The minimum atomic E-state index is 0.351. The molecule has 11 heavy (non-hydrogen) atoms. The first-order chi connectivity index (χ1) is 5.20. The average molecular weight is 175 g/mol. The van der Waals surface area contributed by atoms with Gasteiger partial charge in [-0.25, -0.2) is 0 Å². The van der Waals surface area contributed by atoms with Crippen LogP contribution in [0.5, 0.6) is 0 Å². The summed E-state index contributed by atoms with van der Waals surface area (Å²) in [6, 6.07) is 0. The second kappa shape index (κ2) is 6.71. The Morgan fingerprint density at radius 1 is 1.36 bits per heavy atom. The second-order valence-corrected chi connectivity index (χ2v) is 5.14. The quantitative estimate of drug-likeness (QED) is 0.564. The van der Waals surface area contributed by atoms with E-state index < -0.39 is 0 Å². The van der Waals surface area contributed by atoms with Gasteiger partial charge in [-0.2, -0.15) is 0 Å². The molecule has 0 bridgehead atoms. The summed E-state index contributed by atoms with van der Waals surface area (Å²) in [5.74, 6) is 2.48. The first kappa shape index (κ1) is 11.0. The fourth-order valence-electron chi connectivity index (χ4n) is 0.840. The lowest BCUT2D eigenvalue weighted by Gasteiger charge is -1.99. The van der Waals surface area contributed by atoms with Crippen LogP contribution < -0.4 is 0 Å². The summed E-state index contributed by atoms with van der Waals surface area (Å²) in [5, 5.41) is 0. The number of hydrogen-bond acceptors (Lipinski definition) is 1. The van der Waals surface area contributed by atoms with Crippen molar-refractivity contribution in [1.82, 2.24) is 0 Å². The number of Topliss-reactive ketones (excluding diaryl/α,β-unsaturated/α-hetero) is 1. The van der Waals surface area contributed by atoms with E-state index in [4.69, 9.17) is 0 Å². The van der Waals surface area contributed by atoms with Crippen molar-refractivity contribution < 1.29 is 4.79 Å². The normalized spacial score (nSPS) is 13.0. The van der Waals surface area contributed by atoms with E-state index in [0.717, 1.165) is 5.75 Å². The Morgan fingerprint density at radius 2 is 2.00 bits per heavy atom. The minimum Gasteiger partial charge on any atom is -0.294 e. The zero-order valence-corrected chi connectivity index (χ0v) is 8.67. The highest BCUT2D eigenvalue weighted by Gasteiger charge is 2.13. The van der Waals surface area contributed by atoms with Gasteiger partial charge in [0.2, 0.25) is 0 Å². The van der Waals surface area contributed by atoms with E-state index in [0.29, 0.717) is 23.1 Å². The molecular formula is C9H19OS+. The van der Waals surface area contributed by atoms with Crippen molar-refractivity contribution in [1.29, 1.82) is 0 Å². The molecule has 0 amide bonds. The summed E-state index contributed by atoms with van der Waals surface area (Å²) in [6.07, 6.45) is 5.43. The number of hydrogen-bond donors (Lipinski definition) is 0. The van der Waals surface area contributed by atoms with Gasteiger partial charge in [0, 0.05) is 6.42 Å². The maximum Gasteiger partial charge on any atom is 0.181 e. The Bertz CT molecular complexity index is 112. The Labute approximate surface area is 72.9 Å². The average Bonchev–Trinajstić information content (AvgIpc) is 2.00. The van der Waals surface area contributed by atoms with Gasteiger partial charge in [-0.3, -0.25) is 4.79 Å². The molecule has 0 fully saturated rings. The molecule has 0 radical (unpaired) electrons. The van der Waals surface area contributed by atoms with Crippen LogP contribution in [0.2, 0.25) is 0 Å². The molecule has 0 N–H and O–H groups in total. The highest BCUT2D eigenvalue weighted by molar-refractivity contribution is 7.96. The molecular weight excluding hydrogens is 156 g/mol. The van der Waals surface area contributed by atoms with Crippen LogP contribution in [0.25, 0.3) is 0 Å². The molecule has 0 aromatic carbocycles. The zero-order valence-electron chi connectivity index (χ0n) is 7.85. The molecule has 0 aromatic rings. The van der Waals surface area contributed by atoms with Crippen LogP contribution in [0.4, 0.5) is 0 Å². The topological polar surface area (TPSA) is 17.1 Å². The predicted octanol–water partition coefficient (Wildman–Crippen LogP) is 2.01. The van der Waals surface area contributed by atoms with Gasteiger partial charge in [-0.1, -0.05) is 20.3 Å². The molecule has 66 valence electrons. The van der Waals surface area contributed by atoms with Crippen molar-refractivity contribution in [3.8, 4) is 0 Å². The van der Waals surface area contributed by atoms with Crippen molar-refractivity contribution in [3.05, 3.63) is 0 Å². The Hall–Kier alpha value is 0.0200. The zero-order chi connectivity index (χ0) is 8.69.